The smallest absolute Gasteiger partial charge is 0.272 e. The van der Waals surface area contributed by atoms with Gasteiger partial charge in [-0.2, -0.15) is 0 Å². The number of hydrogen-bond acceptors (Lipinski definition) is 5. The molecular weight excluding hydrogens is 356 g/mol. The van der Waals surface area contributed by atoms with E-state index in [0.717, 1.165) is 0 Å². The lowest BCUT2D eigenvalue weighted by Crippen LogP contribution is -2.19. The van der Waals surface area contributed by atoms with Gasteiger partial charge in [0.05, 0.1) is 11.1 Å². The van der Waals surface area contributed by atoms with Crippen LogP contribution in [0.5, 0.6) is 17.2 Å². The standard InChI is InChI=1S/C22H14N2O4/c23-19-16-12-8-4-5-9-13(12)21(26)17-14(25)10-15(20(18(16)17)24-22(19)27)28-11-6-2-1-3-7-11/h1-10,25H,23H2,(H,24,27). The van der Waals surface area contributed by atoms with Crippen molar-refractivity contribution < 1.29 is 14.6 Å². The van der Waals surface area contributed by atoms with E-state index in [4.69, 9.17) is 10.5 Å². The van der Waals surface area contributed by atoms with Gasteiger partial charge < -0.3 is 20.6 Å². The normalized spacial score (nSPS) is 12.1. The van der Waals surface area contributed by atoms with Gasteiger partial charge in [-0.3, -0.25) is 9.59 Å². The van der Waals surface area contributed by atoms with Gasteiger partial charge in [-0.25, -0.2) is 0 Å². The minimum absolute atomic E-state index is 0.00930. The van der Waals surface area contributed by atoms with Crippen LogP contribution in [-0.2, 0) is 0 Å². The zero-order valence-corrected chi connectivity index (χ0v) is 14.5. The predicted molar refractivity (Wildman–Crippen MR) is 106 cm³/mol. The quantitative estimate of drug-likeness (QED) is 0.438. The van der Waals surface area contributed by atoms with E-state index in [1.54, 1.807) is 48.5 Å². The van der Waals surface area contributed by atoms with E-state index in [0.29, 0.717) is 33.3 Å². The van der Waals surface area contributed by atoms with Crippen LogP contribution in [0.4, 0.5) is 5.69 Å². The Morgan fingerprint density at radius 1 is 0.893 bits per heavy atom. The number of para-hydroxylation sites is 1. The van der Waals surface area contributed by atoms with Crippen molar-refractivity contribution in [2.24, 2.45) is 0 Å². The summed E-state index contributed by atoms with van der Waals surface area (Å²) < 4.78 is 5.89. The van der Waals surface area contributed by atoms with Crippen molar-refractivity contribution in [2.45, 2.75) is 0 Å². The average Bonchev–Trinajstić information content (AvgIpc) is 2.70. The minimum atomic E-state index is -0.485. The van der Waals surface area contributed by atoms with Crippen LogP contribution in [0.3, 0.4) is 0 Å². The number of pyridine rings is 1. The monoisotopic (exact) mass is 370 g/mol. The molecule has 136 valence electrons. The molecule has 0 aliphatic heterocycles. The van der Waals surface area contributed by atoms with E-state index < -0.39 is 5.56 Å². The Kier molecular flexibility index (Phi) is 3.30. The first-order valence-electron chi connectivity index (χ1n) is 8.64. The highest BCUT2D eigenvalue weighted by Gasteiger charge is 2.32. The first kappa shape index (κ1) is 16.1. The number of phenolic OH excluding ortho intramolecular Hbond substituents is 1. The lowest BCUT2D eigenvalue weighted by Gasteiger charge is -2.23. The van der Waals surface area contributed by atoms with E-state index in [1.165, 1.54) is 6.07 Å². The van der Waals surface area contributed by atoms with Crippen LogP contribution in [0, 0.1) is 0 Å². The summed E-state index contributed by atoms with van der Waals surface area (Å²) in [5.74, 6) is 0.195. The van der Waals surface area contributed by atoms with Gasteiger partial charge in [-0.05, 0) is 17.7 Å². The molecule has 1 aliphatic carbocycles. The number of aromatic nitrogens is 1. The Morgan fingerprint density at radius 3 is 2.32 bits per heavy atom. The maximum Gasteiger partial charge on any atom is 0.272 e. The second kappa shape index (κ2) is 5.72. The summed E-state index contributed by atoms with van der Waals surface area (Å²) in [6.45, 7) is 0. The number of aromatic hydroxyl groups is 1. The number of nitrogens with two attached hydrogens (primary N) is 1. The fraction of sp³-hybridized carbons (Fsp3) is 0. The Morgan fingerprint density at radius 2 is 1.57 bits per heavy atom. The van der Waals surface area contributed by atoms with Crippen LogP contribution in [-0.4, -0.2) is 15.9 Å². The number of hydrogen-bond donors (Lipinski definition) is 3. The number of benzene rings is 3. The van der Waals surface area contributed by atoms with E-state index in [1.807, 2.05) is 6.07 Å². The van der Waals surface area contributed by atoms with Crippen molar-refractivity contribution in [3.8, 4) is 28.4 Å². The molecule has 6 nitrogen and oxygen atoms in total. The predicted octanol–water partition coefficient (Wildman–Crippen LogP) is 3.82. The molecule has 1 aliphatic rings. The van der Waals surface area contributed by atoms with Crippen LogP contribution < -0.4 is 16.0 Å². The van der Waals surface area contributed by atoms with Gasteiger partial charge in [0.2, 0.25) is 0 Å². The summed E-state index contributed by atoms with van der Waals surface area (Å²) in [6.07, 6.45) is 0. The van der Waals surface area contributed by atoms with Gasteiger partial charge in [0.1, 0.15) is 17.2 Å². The van der Waals surface area contributed by atoms with Crippen molar-refractivity contribution in [3.05, 3.63) is 82.1 Å². The van der Waals surface area contributed by atoms with Gasteiger partial charge in [0.15, 0.2) is 11.5 Å². The van der Waals surface area contributed by atoms with E-state index in [-0.39, 0.29) is 28.5 Å². The van der Waals surface area contributed by atoms with Gasteiger partial charge >= 0.3 is 0 Å². The molecule has 0 saturated heterocycles. The van der Waals surface area contributed by atoms with Crippen LogP contribution in [0.1, 0.15) is 15.9 Å². The Balaban J connectivity index is 1.92. The number of carbonyl (C=O) groups excluding carboxylic acids is 1. The molecule has 28 heavy (non-hydrogen) atoms. The summed E-state index contributed by atoms with van der Waals surface area (Å²) in [5.41, 5.74) is 7.40. The molecule has 0 spiro atoms. The largest absolute Gasteiger partial charge is 0.507 e. The molecule has 1 aromatic heterocycles. The second-order valence-corrected chi connectivity index (χ2v) is 6.55. The van der Waals surface area contributed by atoms with E-state index >= 15 is 0 Å². The highest BCUT2D eigenvalue weighted by atomic mass is 16.5. The third-order valence-corrected chi connectivity index (χ3v) is 4.91. The molecule has 0 unspecified atom stereocenters. The van der Waals surface area contributed by atoms with Gasteiger partial charge in [-0.15, -0.1) is 0 Å². The molecule has 4 aromatic rings. The summed E-state index contributed by atoms with van der Waals surface area (Å²) in [6, 6.07) is 17.2. The topological polar surface area (TPSA) is 105 Å². The lowest BCUT2D eigenvalue weighted by molar-refractivity contribution is 0.103. The number of ether oxygens (including phenoxy) is 1. The molecule has 0 radical (unpaired) electrons. The number of H-pyrrole nitrogens is 1. The van der Waals surface area contributed by atoms with Crippen molar-refractivity contribution in [3.63, 3.8) is 0 Å². The number of anilines is 1. The number of phenols is 1. The molecule has 0 bridgehead atoms. The highest BCUT2D eigenvalue weighted by Crippen LogP contribution is 2.47. The van der Waals surface area contributed by atoms with Crippen molar-refractivity contribution in [2.75, 3.05) is 5.73 Å². The maximum absolute atomic E-state index is 13.0. The fourth-order valence-electron chi connectivity index (χ4n) is 3.69. The van der Waals surface area contributed by atoms with Gasteiger partial charge in [-0.1, -0.05) is 42.5 Å². The van der Waals surface area contributed by atoms with Crippen LogP contribution in [0.15, 0.2) is 65.5 Å². The van der Waals surface area contributed by atoms with Crippen LogP contribution >= 0.6 is 0 Å². The SMILES string of the molecule is Nc1c2c3c(c(O)cc(Oc4ccccc4)c3[nH]c1=O)C(=O)c1ccccc1-2. The van der Waals surface area contributed by atoms with Crippen molar-refractivity contribution >= 4 is 22.4 Å². The maximum atomic E-state index is 13.0. The number of ketones is 1. The van der Waals surface area contributed by atoms with E-state index in [2.05, 4.69) is 4.98 Å². The number of nitrogens with one attached hydrogen (secondary N) is 1. The molecular formula is C22H14N2O4. The number of aromatic amines is 1. The first-order valence-corrected chi connectivity index (χ1v) is 8.64. The summed E-state index contributed by atoms with van der Waals surface area (Å²) in [4.78, 5) is 28.3. The zero-order chi connectivity index (χ0) is 19.4. The summed E-state index contributed by atoms with van der Waals surface area (Å²) in [7, 11) is 0. The van der Waals surface area contributed by atoms with Crippen molar-refractivity contribution in [1.29, 1.82) is 0 Å². The second-order valence-electron chi connectivity index (χ2n) is 6.55. The minimum Gasteiger partial charge on any atom is -0.507 e. The highest BCUT2D eigenvalue weighted by molar-refractivity contribution is 6.28. The van der Waals surface area contributed by atoms with Gasteiger partial charge in [0.25, 0.3) is 5.56 Å². The number of fused-ring (bicyclic) bond motifs is 2. The molecule has 4 N–H and O–H groups in total. The molecule has 0 atom stereocenters. The Labute approximate surface area is 158 Å². The fourth-order valence-corrected chi connectivity index (χ4v) is 3.69. The molecule has 1 heterocycles. The summed E-state index contributed by atoms with van der Waals surface area (Å²) in [5, 5.41) is 11.0. The number of rotatable bonds is 2. The molecule has 6 heteroatoms. The zero-order valence-electron chi connectivity index (χ0n) is 14.5. The lowest BCUT2D eigenvalue weighted by atomic mass is 9.83. The molecule has 5 rings (SSSR count). The Hall–Kier alpha value is -4.06. The molecule has 0 fully saturated rings. The average molecular weight is 370 g/mol. The third kappa shape index (κ3) is 2.15. The number of carbonyl (C=O) groups is 1. The summed E-state index contributed by atoms with van der Waals surface area (Å²) >= 11 is 0. The Bertz CT molecular complexity index is 1340. The van der Waals surface area contributed by atoms with Crippen LogP contribution in [0.25, 0.3) is 22.0 Å². The van der Waals surface area contributed by atoms with Crippen molar-refractivity contribution in [1.82, 2.24) is 4.98 Å². The molecule has 3 aromatic carbocycles. The molecule has 0 amide bonds. The van der Waals surface area contributed by atoms with E-state index in [9.17, 15) is 14.7 Å². The number of nitrogen functional groups attached to an aromatic ring is 1. The van der Waals surface area contributed by atoms with Gasteiger partial charge in [0, 0.05) is 22.6 Å². The third-order valence-electron chi connectivity index (χ3n) is 4.91. The van der Waals surface area contributed by atoms with Crippen LogP contribution in [0.2, 0.25) is 0 Å². The molecule has 0 saturated carbocycles. The first-order chi connectivity index (χ1) is 13.6.